The van der Waals surface area contributed by atoms with Gasteiger partial charge < -0.3 is 9.84 Å². The molecule has 4 aliphatic carbocycles. The molecule has 5 rings (SSSR count). The molecular formula is C24H34N2O3. The van der Waals surface area contributed by atoms with Gasteiger partial charge in [0.15, 0.2) is 0 Å². The Morgan fingerprint density at radius 2 is 2.03 bits per heavy atom. The molecule has 0 amide bonds. The number of hydrogen-bond acceptors (Lipinski definition) is 4. The minimum atomic E-state index is -0.284. The monoisotopic (exact) mass is 398 g/mol. The van der Waals surface area contributed by atoms with Crippen molar-refractivity contribution in [3.63, 3.8) is 0 Å². The molecule has 1 aromatic heterocycles. The lowest BCUT2D eigenvalue weighted by atomic mass is 9.48. The normalized spacial score (nSPS) is 43.7. The minimum Gasteiger partial charge on any atom is -0.445 e. The molecule has 5 heteroatoms. The number of hydrogen-bond donors (Lipinski definition) is 1. The van der Waals surface area contributed by atoms with Crippen molar-refractivity contribution in [1.82, 2.24) is 9.55 Å². The number of fused-ring (bicyclic) bond motifs is 5. The van der Waals surface area contributed by atoms with Crippen molar-refractivity contribution >= 4 is 6.09 Å². The molecule has 29 heavy (non-hydrogen) atoms. The Balaban J connectivity index is 1.37. The molecule has 3 fully saturated rings. The fourth-order valence-electron chi connectivity index (χ4n) is 7.54. The number of aliphatic hydroxyl groups is 1. The summed E-state index contributed by atoms with van der Waals surface area (Å²) in [6.45, 7) is 6.66. The predicted octanol–water partition coefficient (Wildman–Crippen LogP) is 4.87. The first-order valence-corrected chi connectivity index (χ1v) is 11.4. The van der Waals surface area contributed by atoms with E-state index in [-0.39, 0.29) is 29.1 Å². The molecule has 1 aromatic rings. The third-order valence-electron chi connectivity index (χ3n) is 9.26. The predicted molar refractivity (Wildman–Crippen MR) is 110 cm³/mol. The Morgan fingerprint density at radius 3 is 2.79 bits per heavy atom. The van der Waals surface area contributed by atoms with Crippen molar-refractivity contribution in [3.05, 3.63) is 29.9 Å². The van der Waals surface area contributed by atoms with Gasteiger partial charge in [0.1, 0.15) is 11.9 Å². The maximum atomic E-state index is 12.7. The molecule has 7 atom stereocenters. The molecule has 0 aromatic carbocycles. The summed E-state index contributed by atoms with van der Waals surface area (Å²) in [5.41, 5.74) is 1.84. The van der Waals surface area contributed by atoms with E-state index in [1.165, 1.54) is 16.6 Å². The molecular weight excluding hydrogens is 364 g/mol. The van der Waals surface area contributed by atoms with Gasteiger partial charge in [0.2, 0.25) is 0 Å². The molecule has 0 saturated heterocycles. The number of nitrogens with zero attached hydrogens (tertiary/aromatic N) is 2. The summed E-state index contributed by atoms with van der Waals surface area (Å²) < 4.78 is 7.59. The number of ether oxygens (including phenoxy) is 1. The molecule has 0 bridgehead atoms. The summed E-state index contributed by atoms with van der Waals surface area (Å²) in [6.07, 6.45) is 13.9. The Morgan fingerprint density at radius 1 is 1.21 bits per heavy atom. The quantitative estimate of drug-likeness (QED) is 0.686. The highest BCUT2D eigenvalue weighted by Crippen LogP contribution is 2.65. The van der Waals surface area contributed by atoms with E-state index in [9.17, 15) is 9.90 Å². The standard InChI is InChI=1S/C24H34N2O3/c1-15-25-12-13-26(15)22(28)29-21-7-6-19-18-5-4-16-14-17(27)8-10-23(16,2)20(18)9-11-24(19,21)3/h4,12-13,17-21,27H,5-11,14H2,1-3H3/t17-,18?,19?,20?,21-,23-,24-/m0/s1. The number of rotatable bonds is 1. The van der Waals surface area contributed by atoms with Crippen LogP contribution in [0.4, 0.5) is 4.79 Å². The van der Waals surface area contributed by atoms with Crippen LogP contribution in [0.5, 0.6) is 0 Å². The molecule has 0 radical (unpaired) electrons. The molecule has 1 N–H and O–H groups in total. The van der Waals surface area contributed by atoms with Crippen LogP contribution < -0.4 is 0 Å². The van der Waals surface area contributed by atoms with Crippen LogP contribution in [0.1, 0.15) is 71.0 Å². The van der Waals surface area contributed by atoms with Crippen molar-refractivity contribution in [2.24, 2.45) is 28.6 Å². The molecule has 3 unspecified atom stereocenters. The van der Waals surface area contributed by atoms with Gasteiger partial charge in [-0.25, -0.2) is 14.3 Å². The number of allylic oxidation sites excluding steroid dienone is 1. The highest BCUT2D eigenvalue weighted by molar-refractivity contribution is 5.71. The lowest BCUT2D eigenvalue weighted by Gasteiger charge is -2.57. The fourth-order valence-corrected chi connectivity index (χ4v) is 7.54. The van der Waals surface area contributed by atoms with Gasteiger partial charge in [-0.15, -0.1) is 0 Å². The van der Waals surface area contributed by atoms with Crippen molar-refractivity contribution < 1.29 is 14.6 Å². The second kappa shape index (κ2) is 6.69. The van der Waals surface area contributed by atoms with E-state index in [1.807, 2.05) is 6.92 Å². The van der Waals surface area contributed by atoms with E-state index in [1.54, 1.807) is 12.4 Å². The summed E-state index contributed by atoms with van der Waals surface area (Å²) in [4.78, 5) is 16.9. The number of imidazole rings is 1. The van der Waals surface area contributed by atoms with Gasteiger partial charge in [-0.2, -0.15) is 0 Å². The minimum absolute atomic E-state index is 0.00545. The van der Waals surface area contributed by atoms with Crippen molar-refractivity contribution in [2.45, 2.75) is 84.3 Å². The van der Waals surface area contributed by atoms with Gasteiger partial charge in [0.05, 0.1) is 6.10 Å². The number of carbonyl (C=O) groups excluding carboxylic acids is 1. The van der Waals surface area contributed by atoms with Gasteiger partial charge in [0.25, 0.3) is 0 Å². The van der Waals surface area contributed by atoms with E-state index in [4.69, 9.17) is 4.74 Å². The number of aromatic nitrogens is 2. The molecule has 4 aliphatic rings. The number of carbonyl (C=O) groups is 1. The average molecular weight is 399 g/mol. The second-order valence-electron chi connectivity index (χ2n) is 10.5. The van der Waals surface area contributed by atoms with Crippen LogP contribution in [-0.2, 0) is 4.74 Å². The van der Waals surface area contributed by atoms with Gasteiger partial charge in [-0.05, 0) is 81.5 Å². The summed E-state index contributed by atoms with van der Waals surface area (Å²) in [5.74, 6) is 2.68. The van der Waals surface area contributed by atoms with Crippen LogP contribution in [-0.4, -0.2) is 33.0 Å². The van der Waals surface area contributed by atoms with Crippen LogP contribution in [0.3, 0.4) is 0 Å². The van der Waals surface area contributed by atoms with E-state index in [2.05, 4.69) is 24.9 Å². The largest absolute Gasteiger partial charge is 0.445 e. The highest BCUT2D eigenvalue weighted by Gasteiger charge is 2.59. The Bertz CT molecular complexity index is 845. The summed E-state index contributed by atoms with van der Waals surface area (Å²) in [6, 6.07) is 0. The SMILES string of the molecule is Cc1nccn1C(=O)O[C@H]1CCC2C3CC=C4C[C@@H](O)CC[C@]4(C)C3CC[C@@]21C. The first kappa shape index (κ1) is 19.3. The van der Waals surface area contributed by atoms with Crippen LogP contribution in [0, 0.1) is 35.5 Å². The first-order valence-electron chi connectivity index (χ1n) is 11.4. The van der Waals surface area contributed by atoms with Crippen molar-refractivity contribution in [3.8, 4) is 0 Å². The van der Waals surface area contributed by atoms with Crippen molar-refractivity contribution in [2.75, 3.05) is 0 Å². The van der Waals surface area contributed by atoms with Crippen LogP contribution >= 0.6 is 0 Å². The first-order chi connectivity index (χ1) is 13.8. The number of aryl methyl sites for hydroxylation is 1. The Labute approximate surface area is 173 Å². The van der Waals surface area contributed by atoms with E-state index < -0.39 is 0 Å². The van der Waals surface area contributed by atoms with Crippen LogP contribution in [0.2, 0.25) is 0 Å². The van der Waals surface area contributed by atoms with Gasteiger partial charge in [0, 0.05) is 17.8 Å². The summed E-state index contributed by atoms with van der Waals surface area (Å²) in [7, 11) is 0. The lowest BCUT2D eigenvalue weighted by molar-refractivity contribution is -0.0739. The average Bonchev–Trinajstić information content (AvgIpc) is 3.26. The molecule has 3 saturated carbocycles. The fraction of sp³-hybridized carbons (Fsp3) is 0.750. The molecule has 0 spiro atoms. The molecule has 158 valence electrons. The maximum Gasteiger partial charge on any atom is 0.419 e. The van der Waals surface area contributed by atoms with Gasteiger partial charge in [-0.3, -0.25) is 0 Å². The number of aliphatic hydroxyl groups excluding tert-OH is 1. The maximum absolute atomic E-state index is 12.7. The van der Waals surface area contributed by atoms with Gasteiger partial charge >= 0.3 is 6.09 Å². The van der Waals surface area contributed by atoms with Gasteiger partial charge in [-0.1, -0.05) is 25.5 Å². The second-order valence-corrected chi connectivity index (χ2v) is 10.5. The highest BCUT2D eigenvalue weighted by atomic mass is 16.6. The topological polar surface area (TPSA) is 64.4 Å². The smallest absolute Gasteiger partial charge is 0.419 e. The van der Waals surface area contributed by atoms with E-state index in [0.717, 1.165) is 44.9 Å². The Kier molecular flexibility index (Phi) is 4.47. The lowest BCUT2D eigenvalue weighted by Crippen LogP contribution is -2.51. The molecule has 5 nitrogen and oxygen atoms in total. The van der Waals surface area contributed by atoms with E-state index >= 15 is 0 Å². The Hall–Kier alpha value is -1.62. The van der Waals surface area contributed by atoms with Crippen molar-refractivity contribution in [1.29, 1.82) is 0 Å². The third kappa shape index (κ3) is 2.83. The van der Waals surface area contributed by atoms with Crippen LogP contribution in [0.25, 0.3) is 0 Å². The van der Waals surface area contributed by atoms with Crippen LogP contribution in [0.15, 0.2) is 24.0 Å². The summed E-state index contributed by atoms with van der Waals surface area (Å²) >= 11 is 0. The van der Waals surface area contributed by atoms with E-state index in [0.29, 0.717) is 23.6 Å². The zero-order valence-corrected chi connectivity index (χ0v) is 17.9. The molecule has 0 aliphatic heterocycles. The zero-order valence-electron chi connectivity index (χ0n) is 17.9. The molecule has 1 heterocycles. The summed E-state index contributed by atoms with van der Waals surface area (Å²) in [5, 5.41) is 10.2. The zero-order chi connectivity index (χ0) is 20.4. The third-order valence-corrected chi connectivity index (χ3v) is 9.26.